The number of benzene rings is 1. The molecule has 0 aliphatic rings. The highest BCUT2D eigenvalue weighted by Gasteiger charge is 2.24. The molecule has 6 heteroatoms. The van der Waals surface area contributed by atoms with Gasteiger partial charge in [0.2, 0.25) is 5.91 Å². The molecule has 0 aromatic heterocycles. The summed E-state index contributed by atoms with van der Waals surface area (Å²) in [5.74, 6) is 1.69. The second-order valence-electron chi connectivity index (χ2n) is 10.2. The Kier molecular flexibility index (Phi) is 15.3. The number of hydrogen-bond donors (Lipinski definition) is 1. The lowest BCUT2D eigenvalue weighted by atomic mass is 10.0. The van der Waals surface area contributed by atoms with Crippen LogP contribution in [0.4, 0.5) is 11.4 Å². The molecule has 1 amide bonds. The van der Waals surface area contributed by atoms with Crippen LogP contribution < -0.4 is 9.64 Å². The molecule has 0 spiro atoms. The van der Waals surface area contributed by atoms with Gasteiger partial charge in [0.15, 0.2) is 0 Å². The predicted octanol–water partition coefficient (Wildman–Crippen LogP) is 8.22. The second kappa shape index (κ2) is 17.3. The van der Waals surface area contributed by atoms with Crippen LogP contribution in [-0.2, 0) is 4.79 Å². The van der Waals surface area contributed by atoms with Crippen LogP contribution in [0, 0.1) is 17.4 Å². The highest BCUT2D eigenvalue weighted by atomic mass is 16.5. The fourth-order valence-corrected chi connectivity index (χ4v) is 4.13. The van der Waals surface area contributed by atoms with E-state index in [-0.39, 0.29) is 11.9 Å². The molecule has 1 aromatic rings. The Bertz CT molecular complexity index is 729. The zero-order chi connectivity index (χ0) is 26.2. The van der Waals surface area contributed by atoms with Crippen molar-refractivity contribution in [1.29, 1.82) is 5.53 Å². The molecule has 1 N–H and O–H groups in total. The minimum Gasteiger partial charge on any atom is -0.491 e. The lowest BCUT2D eigenvalue weighted by Crippen LogP contribution is -2.46. The van der Waals surface area contributed by atoms with Gasteiger partial charge >= 0.3 is 0 Å². The van der Waals surface area contributed by atoms with Crippen molar-refractivity contribution in [3.8, 4) is 5.75 Å². The fourth-order valence-electron chi connectivity index (χ4n) is 4.13. The molecule has 1 rings (SSSR count). The summed E-state index contributed by atoms with van der Waals surface area (Å²) in [6.45, 7) is 17.9. The molecule has 35 heavy (non-hydrogen) atoms. The lowest BCUT2D eigenvalue weighted by molar-refractivity contribution is -0.130. The monoisotopic (exact) mass is 488 g/mol. The van der Waals surface area contributed by atoms with Gasteiger partial charge in [0, 0.05) is 30.9 Å². The van der Waals surface area contributed by atoms with Gasteiger partial charge in [-0.15, -0.1) is 0 Å². The fraction of sp³-hybridized carbons (Fsp3) is 0.759. The van der Waals surface area contributed by atoms with Crippen molar-refractivity contribution in [2.45, 2.75) is 106 Å². The van der Waals surface area contributed by atoms with E-state index in [0.29, 0.717) is 36.4 Å². The normalized spacial score (nSPS) is 12.9. The summed E-state index contributed by atoms with van der Waals surface area (Å²) in [6, 6.07) is 5.98. The molecule has 200 valence electrons. The largest absolute Gasteiger partial charge is 0.491 e. The maximum Gasteiger partial charge on any atom is 0.242 e. The maximum absolute atomic E-state index is 13.4. The molecule has 0 saturated carbocycles. The van der Waals surface area contributed by atoms with Gasteiger partial charge in [0.25, 0.3) is 0 Å². The van der Waals surface area contributed by atoms with Gasteiger partial charge in [-0.2, -0.15) is 5.11 Å². The lowest BCUT2D eigenvalue weighted by Gasteiger charge is -2.35. The first kappa shape index (κ1) is 30.9. The summed E-state index contributed by atoms with van der Waals surface area (Å²) in [6.07, 6.45) is 8.83. The number of amides is 1. The topological polar surface area (TPSA) is 69.0 Å². The zero-order valence-corrected chi connectivity index (χ0v) is 23.6. The number of carbonyl (C=O) groups is 1. The summed E-state index contributed by atoms with van der Waals surface area (Å²) in [5.41, 5.74) is 9.12. The molecular weight excluding hydrogens is 436 g/mol. The Balaban J connectivity index is 3.18. The van der Waals surface area contributed by atoms with Gasteiger partial charge in [-0.05, 0) is 50.2 Å². The van der Waals surface area contributed by atoms with Crippen LogP contribution in [0.5, 0.6) is 5.75 Å². The number of anilines is 1. The number of nitrogens with one attached hydrogen (secondary N) is 1. The average molecular weight is 489 g/mol. The summed E-state index contributed by atoms with van der Waals surface area (Å²) < 4.78 is 6.23. The molecule has 0 heterocycles. The molecule has 1 aromatic carbocycles. The molecule has 0 saturated heterocycles. The summed E-state index contributed by atoms with van der Waals surface area (Å²) in [4.78, 5) is 17.7. The Morgan fingerprint density at radius 1 is 1.00 bits per heavy atom. The number of rotatable bonds is 19. The molecule has 0 bridgehead atoms. The minimum atomic E-state index is 0.178. The van der Waals surface area contributed by atoms with Crippen molar-refractivity contribution in [2.75, 3.05) is 31.1 Å². The van der Waals surface area contributed by atoms with Crippen LogP contribution in [0.15, 0.2) is 23.3 Å². The number of unbranched alkanes of at least 4 members (excludes halogenated alkanes) is 3. The first-order valence-corrected chi connectivity index (χ1v) is 14.0. The second-order valence-corrected chi connectivity index (χ2v) is 10.2. The summed E-state index contributed by atoms with van der Waals surface area (Å²) >= 11 is 0. The van der Waals surface area contributed by atoms with E-state index in [4.69, 9.17) is 10.3 Å². The van der Waals surface area contributed by atoms with Crippen LogP contribution in [-0.4, -0.2) is 43.1 Å². The predicted molar refractivity (Wildman–Crippen MR) is 148 cm³/mol. The molecule has 0 aliphatic carbocycles. The van der Waals surface area contributed by atoms with Crippen LogP contribution in [0.1, 0.15) is 99.8 Å². The van der Waals surface area contributed by atoms with Crippen molar-refractivity contribution in [3.63, 3.8) is 0 Å². The SMILES string of the molecule is CCCCC(CC)COc1cc(N(CC(=O)N(CCCC)CCCC)C(C)C(C)C)ccc1N=N. The number of hydrogen-bond acceptors (Lipinski definition) is 5. The van der Waals surface area contributed by atoms with E-state index in [2.05, 4.69) is 58.5 Å². The van der Waals surface area contributed by atoms with Crippen molar-refractivity contribution in [2.24, 2.45) is 17.0 Å². The van der Waals surface area contributed by atoms with Crippen LogP contribution >= 0.6 is 0 Å². The van der Waals surface area contributed by atoms with Crippen molar-refractivity contribution in [1.82, 2.24) is 4.90 Å². The summed E-state index contributed by atoms with van der Waals surface area (Å²) in [5, 5.41) is 3.70. The molecule has 2 unspecified atom stereocenters. The van der Waals surface area contributed by atoms with E-state index < -0.39 is 0 Å². The third kappa shape index (κ3) is 10.6. The van der Waals surface area contributed by atoms with Crippen molar-refractivity contribution in [3.05, 3.63) is 18.2 Å². The standard InChI is InChI=1S/C29H52N4O2/c1-8-12-15-25(11-4)22-35-28-20-26(16-17-27(28)31-30)33(24(7)23(5)6)21-29(34)32(18-13-9-2)19-14-10-3/h16-17,20,23-25,30H,8-15,18-19,21-22H2,1-7H3. The van der Waals surface area contributed by atoms with E-state index in [0.717, 1.165) is 57.3 Å². The summed E-state index contributed by atoms with van der Waals surface area (Å²) in [7, 11) is 0. The van der Waals surface area contributed by atoms with Crippen LogP contribution in [0.2, 0.25) is 0 Å². The van der Waals surface area contributed by atoms with E-state index in [1.165, 1.54) is 12.8 Å². The van der Waals surface area contributed by atoms with Gasteiger partial charge < -0.3 is 14.5 Å². The van der Waals surface area contributed by atoms with E-state index in [9.17, 15) is 4.79 Å². The molecule has 6 nitrogen and oxygen atoms in total. The Morgan fingerprint density at radius 2 is 1.63 bits per heavy atom. The third-order valence-corrected chi connectivity index (χ3v) is 7.09. The van der Waals surface area contributed by atoms with Crippen molar-refractivity contribution >= 4 is 17.3 Å². The molecule has 0 aliphatic heterocycles. The smallest absolute Gasteiger partial charge is 0.242 e. The first-order chi connectivity index (χ1) is 16.8. The highest BCUT2D eigenvalue weighted by Crippen LogP contribution is 2.34. The van der Waals surface area contributed by atoms with Crippen molar-refractivity contribution < 1.29 is 9.53 Å². The molecule has 0 fully saturated rings. The van der Waals surface area contributed by atoms with Gasteiger partial charge in [0.1, 0.15) is 11.4 Å². The van der Waals surface area contributed by atoms with Gasteiger partial charge in [-0.3, -0.25) is 4.79 Å². The van der Waals surface area contributed by atoms with E-state index >= 15 is 0 Å². The first-order valence-electron chi connectivity index (χ1n) is 14.0. The Morgan fingerprint density at radius 3 is 2.14 bits per heavy atom. The zero-order valence-electron chi connectivity index (χ0n) is 23.6. The Hall–Kier alpha value is -2.11. The quantitative estimate of drug-likeness (QED) is 0.199. The molecule has 2 atom stereocenters. The molecular formula is C29H52N4O2. The van der Waals surface area contributed by atoms with Crippen LogP contribution in [0.3, 0.4) is 0 Å². The van der Waals surface area contributed by atoms with Crippen LogP contribution in [0.25, 0.3) is 0 Å². The number of carbonyl (C=O) groups excluding carboxylic acids is 1. The van der Waals surface area contributed by atoms with Gasteiger partial charge in [0.05, 0.1) is 13.2 Å². The average Bonchev–Trinajstić information content (AvgIpc) is 2.86. The highest BCUT2D eigenvalue weighted by molar-refractivity contribution is 5.82. The van der Waals surface area contributed by atoms with E-state index in [1.54, 1.807) is 0 Å². The number of nitrogens with zero attached hydrogens (tertiary/aromatic N) is 3. The van der Waals surface area contributed by atoms with E-state index in [1.807, 2.05) is 23.1 Å². The van der Waals surface area contributed by atoms with Gasteiger partial charge in [-0.25, -0.2) is 5.53 Å². The molecule has 0 radical (unpaired) electrons. The van der Waals surface area contributed by atoms with Gasteiger partial charge in [-0.1, -0.05) is 73.6 Å². The maximum atomic E-state index is 13.4. The minimum absolute atomic E-state index is 0.178. The Labute approximate surface area is 215 Å². The number of ether oxygens (including phenoxy) is 1. The third-order valence-electron chi connectivity index (χ3n) is 7.09.